The Labute approximate surface area is 61.8 Å². The predicted molar refractivity (Wildman–Crippen MR) is 39.5 cm³/mol. The van der Waals surface area contributed by atoms with E-state index >= 15 is 0 Å². The van der Waals surface area contributed by atoms with Crippen molar-refractivity contribution in [3.8, 4) is 12.3 Å². The van der Waals surface area contributed by atoms with Crippen LogP contribution in [0.1, 0.15) is 32.1 Å². The van der Waals surface area contributed by atoms with Crippen LogP contribution < -0.4 is 0 Å². The van der Waals surface area contributed by atoms with E-state index in [-0.39, 0.29) is 11.7 Å². The number of rotatable bonds is 0. The van der Waals surface area contributed by atoms with E-state index in [1.54, 1.807) is 0 Å². The minimum Gasteiger partial charge on any atom is -0.352 e. The van der Waals surface area contributed by atoms with Crippen molar-refractivity contribution in [3.63, 3.8) is 0 Å². The van der Waals surface area contributed by atoms with Gasteiger partial charge in [-0.15, -0.1) is 6.42 Å². The molecule has 1 aliphatic carbocycles. The molecule has 10 heavy (non-hydrogen) atoms. The van der Waals surface area contributed by atoms with Crippen LogP contribution in [0.5, 0.6) is 0 Å². The monoisotopic (exact) mass is 136 g/mol. The highest BCUT2D eigenvalue weighted by molar-refractivity contribution is 5.18. The fourth-order valence-electron chi connectivity index (χ4n) is 1.92. The van der Waals surface area contributed by atoms with Gasteiger partial charge in [-0.2, -0.15) is 0 Å². The van der Waals surface area contributed by atoms with Gasteiger partial charge in [0.05, 0.1) is 0 Å². The molecule has 0 aromatic rings. The number of hydrogen-bond donors (Lipinski definition) is 0. The van der Waals surface area contributed by atoms with E-state index < -0.39 is 0 Å². The number of hydrogen-bond acceptors (Lipinski definition) is 1. The van der Waals surface area contributed by atoms with Crippen molar-refractivity contribution in [2.24, 2.45) is 0 Å². The Hall–Kier alpha value is -0.480. The Morgan fingerprint density at radius 1 is 1.30 bits per heavy atom. The minimum absolute atomic E-state index is 0.160. The van der Waals surface area contributed by atoms with Crippen molar-refractivity contribution in [2.45, 2.75) is 43.8 Å². The van der Waals surface area contributed by atoms with Gasteiger partial charge in [-0.25, -0.2) is 0 Å². The van der Waals surface area contributed by atoms with Crippen molar-refractivity contribution in [1.29, 1.82) is 0 Å². The standard InChI is InChI=1S/C9H12O/c1-2-8-9(10-8)6-4-3-5-7-9/h1,8H,3-7H2/t8-/m1/s1. The van der Waals surface area contributed by atoms with E-state index in [1.807, 2.05) is 0 Å². The molecular weight excluding hydrogens is 124 g/mol. The van der Waals surface area contributed by atoms with E-state index in [2.05, 4.69) is 5.92 Å². The lowest BCUT2D eigenvalue weighted by atomic mass is 9.87. The first kappa shape index (κ1) is 6.24. The summed E-state index contributed by atoms with van der Waals surface area (Å²) in [4.78, 5) is 0. The third kappa shape index (κ3) is 0.759. The highest BCUT2D eigenvalue weighted by Crippen LogP contribution is 2.47. The average molecular weight is 136 g/mol. The molecule has 54 valence electrons. The normalized spacial score (nSPS) is 35.3. The highest BCUT2D eigenvalue weighted by atomic mass is 16.6. The second-order valence-electron chi connectivity index (χ2n) is 3.29. The van der Waals surface area contributed by atoms with Gasteiger partial charge in [-0.1, -0.05) is 25.2 Å². The molecule has 1 nitrogen and oxygen atoms in total. The summed E-state index contributed by atoms with van der Waals surface area (Å²) in [6.07, 6.45) is 11.8. The number of ether oxygens (including phenoxy) is 1. The zero-order chi connectivity index (χ0) is 7.03. The van der Waals surface area contributed by atoms with Gasteiger partial charge < -0.3 is 4.74 Å². The first-order chi connectivity index (χ1) is 4.87. The van der Waals surface area contributed by atoms with Crippen molar-refractivity contribution in [2.75, 3.05) is 0 Å². The van der Waals surface area contributed by atoms with Crippen LogP contribution in [0.25, 0.3) is 0 Å². The molecule has 2 fully saturated rings. The van der Waals surface area contributed by atoms with E-state index in [9.17, 15) is 0 Å². The van der Waals surface area contributed by atoms with Gasteiger partial charge in [0.2, 0.25) is 0 Å². The van der Waals surface area contributed by atoms with Gasteiger partial charge in [0, 0.05) is 0 Å². The predicted octanol–water partition coefficient (Wildman–Crippen LogP) is 1.72. The molecule has 0 unspecified atom stereocenters. The summed E-state index contributed by atoms with van der Waals surface area (Å²) in [5, 5.41) is 0. The molecule has 0 aromatic carbocycles. The number of epoxide rings is 1. The topological polar surface area (TPSA) is 12.5 Å². The van der Waals surface area contributed by atoms with E-state index in [4.69, 9.17) is 11.2 Å². The van der Waals surface area contributed by atoms with E-state index in [1.165, 1.54) is 32.1 Å². The first-order valence-corrected chi connectivity index (χ1v) is 4.01. The van der Waals surface area contributed by atoms with Crippen LogP contribution >= 0.6 is 0 Å². The van der Waals surface area contributed by atoms with Gasteiger partial charge in [0.25, 0.3) is 0 Å². The Morgan fingerprint density at radius 2 is 2.00 bits per heavy atom. The molecule has 0 N–H and O–H groups in total. The summed E-state index contributed by atoms with van der Waals surface area (Å²) >= 11 is 0. The van der Waals surface area contributed by atoms with Crippen LogP contribution in [0, 0.1) is 12.3 Å². The molecule has 1 aliphatic heterocycles. The maximum atomic E-state index is 5.46. The molecule has 2 aliphatic rings. The van der Waals surface area contributed by atoms with Gasteiger partial charge >= 0.3 is 0 Å². The van der Waals surface area contributed by atoms with Crippen molar-refractivity contribution >= 4 is 0 Å². The van der Waals surface area contributed by atoms with Crippen LogP contribution in [-0.4, -0.2) is 11.7 Å². The second kappa shape index (κ2) is 2.00. The molecule has 1 heterocycles. The maximum absolute atomic E-state index is 5.46. The van der Waals surface area contributed by atoms with Gasteiger partial charge in [0.1, 0.15) is 11.7 Å². The van der Waals surface area contributed by atoms with Crippen LogP contribution in [0.4, 0.5) is 0 Å². The first-order valence-electron chi connectivity index (χ1n) is 4.01. The Balaban J connectivity index is 1.99. The summed E-state index contributed by atoms with van der Waals surface area (Å²) in [5.41, 5.74) is 0.160. The third-order valence-corrected chi connectivity index (χ3v) is 2.62. The van der Waals surface area contributed by atoms with Gasteiger partial charge in [-0.05, 0) is 12.8 Å². The molecule has 2 rings (SSSR count). The summed E-state index contributed by atoms with van der Waals surface area (Å²) in [6, 6.07) is 0. The Bertz CT molecular complexity index is 172. The van der Waals surface area contributed by atoms with E-state index in [0.29, 0.717) is 0 Å². The molecule has 0 radical (unpaired) electrons. The molecule has 1 atom stereocenters. The Kier molecular flexibility index (Phi) is 1.25. The molecule has 1 saturated heterocycles. The molecule has 1 saturated carbocycles. The largest absolute Gasteiger partial charge is 0.352 e. The van der Waals surface area contributed by atoms with Crippen LogP contribution in [0.2, 0.25) is 0 Å². The SMILES string of the molecule is C#C[C@H]1OC12CCCCC2. The summed E-state index contributed by atoms with van der Waals surface area (Å²) in [5.74, 6) is 2.68. The Morgan fingerprint density at radius 3 is 2.50 bits per heavy atom. The second-order valence-corrected chi connectivity index (χ2v) is 3.29. The fraction of sp³-hybridized carbons (Fsp3) is 0.778. The zero-order valence-corrected chi connectivity index (χ0v) is 6.10. The zero-order valence-electron chi connectivity index (χ0n) is 6.10. The third-order valence-electron chi connectivity index (χ3n) is 2.62. The summed E-state index contributed by atoms with van der Waals surface area (Å²) in [6.45, 7) is 0. The van der Waals surface area contributed by atoms with Crippen molar-refractivity contribution < 1.29 is 4.74 Å². The molecular formula is C9H12O. The molecule has 0 bridgehead atoms. The molecule has 1 spiro atoms. The van der Waals surface area contributed by atoms with E-state index in [0.717, 1.165) is 0 Å². The van der Waals surface area contributed by atoms with Crippen molar-refractivity contribution in [3.05, 3.63) is 0 Å². The average Bonchev–Trinajstić information content (AvgIpc) is 2.65. The lowest BCUT2D eigenvalue weighted by Crippen LogP contribution is -2.18. The van der Waals surface area contributed by atoms with Gasteiger partial charge in [-0.3, -0.25) is 0 Å². The quantitative estimate of drug-likeness (QED) is 0.365. The molecule has 1 heteroatoms. The summed E-state index contributed by atoms with van der Waals surface area (Å²) in [7, 11) is 0. The lowest BCUT2D eigenvalue weighted by molar-refractivity contribution is 0.235. The smallest absolute Gasteiger partial charge is 0.147 e. The maximum Gasteiger partial charge on any atom is 0.147 e. The highest BCUT2D eigenvalue weighted by Gasteiger charge is 2.55. The lowest BCUT2D eigenvalue weighted by Gasteiger charge is -2.16. The molecule has 0 amide bonds. The van der Waals surface area contributed by atoms with Crippen LogP contribution in [-0.2, 0) is 4.74 Å². The summed E-state index contributed by atoms with van der Waals surface area (Å²) < 4.78 is 5.46. The van der Waals surface area contributed by atoms with Crippen LogP contribution in [0.15, 0.2) is 0 Å². The minimum atomic E-state index is 0.160. The fourth-order valence-corrected chi connectivity index (χ4v) is 1.92. The van der Waals surface area contributed by atoms with Crippen molar-refractivity contribution in [1.82, 2.24) is 0 Å². The number of terminal acetylenes is 1. The molecule has 0 aromatic heterocycles. The van der Waals surface area contributed by atoms with Crippen LogP contribution in [0.3, 0.4) is 0 Å². The van der Waals surface area contributed by atoms with Gasteiger partial charge in [0.15, 0.2) is 0 Å².